The Bertz CT molecular complexity index is 430. The van der Waals surface area contributed by atoms with E-state index in [1.165, 1.54) is 17.8 Å². The number of nitrogens with zero attached hydrogens (tertiary/aromatic N) is 1. The Hall–Kier alpha value is -0.660. The number of aliphatic hydroxyl groups is 1. The van der Waals surface area contributed by atoms with Crippen molar-refractivity contribution in [3.8, 4) is 0 Å². The summed E-state index contributed by atoms with van der Waals surface area (Å²) in [5.41, 5.74) is -0.249. The first kappa shape index (κ1) is 14.4. The van der Waals surface area contributed by atoms with Gasteiger partial charge in [-0.05, 0) is 27.9 Å². The second-order valence-electron chi connectivity index (χ2n) is 3.59. The van der Waals surface area contributed by atoms with Crippen LogP contribution in [0.5, 0.6) is 0 Å². The Morgan fingerprint density at radius 1 is 1.65 bits per heavy atom. The largest absolute Gasteiger partial charge is 0.396 e. The van der Waals surface area contributed by atoms with Gasteiger partial charge in [-0.1, -0.05) is 6.92 Å². The van der Waals surface area contributed by atoms with Crippen molar-refractivity contribution in [2.24, 2.45) is 5.92 Å². The molecule has 94 valence electrons. The van der Waals surface area contributed by atoms with Crippen LogP contribution in [0.3, 0.4) is 0 Å². The number of nitro benzene ring substituents is 1. The van der Waals surface area contributed by atoms with Crippen LogP contribution in [0.25, 0.3) is 0 Å². The molecule has 1 aromatic rings. The van der Waals surface area contributed by atoms with Gasteiger partial charge in [0.15, 0.2) is 0 Å². The summed E-state index contributed by atoms with van der Waals surface area (Å²) >= 11 is 4.23. The van der Waals surface area contributed by atoms with Crippen LogP contribution in [0, 0.1) is 21.8 Å². The third-order valence-electron chi connectivity index (χ3n) is 2.03. The maximum atomic E-state index is 13.2. The van der Waals surface area contributed by atoms with Crippen molar-refractivity contribution in [2.45, 2.75) is 11.8 Å². The van der Waals surface area contributed by atoms with Gasteiger partial charge >= 0.3 is 0 Å². The molecule has 0 aliphatic carbocycles. The molecule has 1 atom stereocenters. The molecule has 0 aromatic heterocycles. The summed E-state index contributed by atoms with van der Waals surface area (Å²) in [7, 11) is 0. The number of hydrogen-bond donors (Lipinski definition) is 1. The zero-order valence-corrected chi connectivity index (χ0v) is 11.4. The first-order valence-corrected chi connectivity index (χ1v) is 6.60. The lowest BCUT2D eigenvalue weighted by Gasteiger charge is -2.08. The molecule has 0 radical (unpaired) electrons. The molecule has 0 bridgehead atoms. The minimum atomic E-state index is -0.656. The van der Waals surface area contributed by atoms with Crippen molar-refractivity contribution in [3.05, 3.63) is 32.5 Å². The van der Waals surface area contributed by atoms with E-state index in [0.29, 0.717) is 10.6 Å². The summed E-state index contributed by atoms with van der Waals surface area (Å²) in [6, 6.07) is 2.29. The second-order valence-corrected chi connectivity index (χ2v) is 5.51. The number of halogens is 2. The fraction of sp³-hybridized carbons (Fsp3) is 0.400. The van der Waals surface area contributed by atoms with E-state index in [1.54, 1.807) is 0 Å². The molecule has 0 aliphatic rings. The first-order chi connectivity index (χ1) is 7.95. The summed E-state index contributed by atoms with van der Waals surface area (Å²) in [6.07, 6.45) is 0. The number of benzene rings is 1. The summed E-state index contributed by atoms with van der Waals surface area (Å²) in [4.78, 5) is 10.5. The molecular weight excluding hydrogens is 313 g/mol. The predicted molar refractivity (Wildman–Crippen MR) is 67.7 cm³/mol. The zero-order chi connectivity index (χ0) is 13.0. The second kappa shape index (κ2) is 6.32. The monoisotopic (exact) mass is 323 g/mol. The molecule has 0 heterocycles. The fourth-order valence-corrected chi connectivity index (χ4v) is 2.61. The predicted octanol–water partition coefficient (Wildman–Crippen LogP) is 3.22. The highest BCUT2D eigenvalue weighted by Crippen LogP contribution is 2.34. The molecule has 7 heteroatoms. The highest BCUT2D eigenvalue weighted by Gasteiger charge is 2.18. The molecule has 1 rings (SSSR count). The number of thioether (sulfide) groups is 1. The van der Waals surface area contributed by atoms with E-state index in [4.69, 9.17) is 5.11 Å². The molecule has 0 fully saturated rings. The number of hydrogen-bond acceptors (Lipinski definition) is 4. The molecule has 1 unspecified atom stereocenters. The molecule has 0 saturated heterocycles. The van der Waals surface area contributed by atoms with Gasteiger partial charge in [-0.15, -0.1) is 11.8 Å². The number of rotatable bonds is 5. The maximum absolute atomic E-state index is 13.2. The lowest BCUT2D eigenvalue weighted by Crippen LogP contribution is -2.04. The molecule has 0 amide bonds. The van der Waals surface area contributed by atoms with E-state index in [0.717, 1.165) is 6.07 Å². The van der Waals surface area contributed by atoms with E-state index in [2.05, 4.69) is 15.9 Å². The van der Waals surface area contributed by atoms with Gasteiger partial charge in [-0.3, -0.25) is 10.1 Å². The Morgan fingerprint density at radius 2 is 2.29 bits per heavy atom. The van der Waals surface area contributed by atoms with Crippen LogP contribution in [0.15, 0.2) is 21.5 Å². The smallest absolute Gasteiger partial charge is 0.285 e. The minimum Gasteiger partial charge on any atom is -0.396 e. The third-order valence-corrected chi connectivity index (χ3v) is 4.01. The van der Waals surface area contributed by atoms with Crippen LogP contribution < -0.4 is 0 Å². The van der Waals surface area contributed by atoms with Crippen molar-refractivity contribution in [2.75, 3.05) is 12.4 Å². The van der Waals surface area contributed by atoms with Crippen LogP contribution in [-0.4, -0.2) is 22.4 Å². The lowest BCUT2D eigenvalue weighted by molar-refractivity contribution is -0.387. The molecule has 1 N–H and O–H groups in total. The topological polar surface area (TPSA) is 63.4 Å². The SMILES string of the molecule is CC(CO)CSc1cc(Br)c(F)cc1[N+](=O)[O-]. The highest BCUT2D eigenvalue weighted by molar-refractivity contribution is 9.10. The Kier molecular flexibility index (Phi) is 5.35. The van der Waals surface area contributed by atoms with Gasteiger partial charge < -0.3 is 5.11 Å². The first-order valence-electron chi connectivity index (χ1n) is 4.82. The quantitative estimate of drug-likeness (QED) is 0.513. The molecular formula is C10H11BrFNO3S. The molecule has 0 aliphatic heterocycles. The van der Waals surface area contributed by atoms with E-state index >= 15 is 0 Å². The molecule has 17 heavy (non-hydrogen) atoms. The van der Waals surface area contributed by atoms with Gasteiger partial charge in [0.2, 0.25) is 0 Å². The normalized spacial score (nSPS) is 12.5. The summed E-state index contributed by atoms with van der Waals surface area (Å²) in [6.45, 7) is 1.85. The van der Waals surface area contributed by atoms with Crippen molar-refractivity contribution >= 4 is 33.4 Å². The van der Waals surface area contributed by atoms with Crippen molar-refractivity contribution in [1.29, 1.82) is 0 Å². The van der Waals surface area contributed by atoms with E-state index in [1.807, 2.05) is 6.92 Å². The van der Waals surface area contributed by atoms with Crippen molar-refractivity contribution in [1.82, 2.24) is 0 Å². The van der Waals surface area contributed by atoms with Gasteiger partial charge in [0.25, 0.3) is 5.69 Å². The lowest BCUT2D eigenvalue weighted by atomic mass is 10.2. The summed E-state index contributed by atoms with van der Waals surface area (Å²) in [5.74, 6) is -0.0882. The van der Waals surface area contributed by atoms with Crippen LogP contribution in [0.1, 0.15) is 6.92 Å². The zero-order valence-electron chi connectivity index (χ0n) is 9.02. The van der Waals surface area contributed by atoms with Crippen LogP contribution in [0.2, 0.25) is 0 Å². The average Bonchev–Trinajstić information content (AvgIpc) is 2.29. The standard InChI is InChI=1S/C10H11BrFNO3S/c1-6(4-14)5-17-10-2-7(11)8(12)3-9(10)13(15)16/h2-3,6,14H,4-5H2,1H3. The maximum Gasteiger partial charge on any atom is 0.285 e. The van der Waals surface area contributed by atoms with Gasteiger partial charge in [0.05, 0.1) is 20.4 Å². The molecule has 0 spiro atoms. The Labute approximate surface area is 110 Å². The van der Waals surface area contributed by atoms with Gasteiger partial charge in [0, 0.05) is 12.4 Å². The number of nitro groups is 1. The third kappa shape index (κ3) is 3.93. The van der Waals surface area contributed by atoms with Crippen LogP contribution in [0.4, 0.5) is 10.1 Å². The summed E-state index contributed by atoms with van der Waals surface area (Å²) in [5, 5.41) is 19.6. The molecule has 4 nitrogen and oxygen atoms in total. The molecule has 1 aromatic carbocycles. The van der Waals surface area contributed by atoms with Gasteiger partial charge in [0.1, 0.15) is 5.82 Å². The Balaban J connectivity index is 2.96. The molecule has 0 saturated carbocycles. The van der Waals surface area contributed by atoms with Crippen molar-refractivity contribution < 1.29 is 14.4 Å². The van der Waals surface area contributed by atoms with E-state index in [9.17, 15) is 14.5 Å². The van der Waals surface area contributed by atoms with Crippen molar-refractivity contribution in [3.63, 3.8) is 0 Å². The number of aliphatic hydroxyl groups excluding tert-OH is 1. The van der Waals surface area contributed by atoms with Crippen LogP contribution in [-0.2, 0) is 0 Å². The van der Waals surface area contributed by atoms with Crippen LogP contribution >= 0.6 is 27.7 Å². The van der Waals surface area contributed by atoms with Gasteiger partial charge in [-0.2, -0.15) is 0 Å². The van der Waals surface area contributed by atoms with Gasteiger partial charge in [-0.25, -0.2) is 4.39 Å². The summed E-state index contributed by atoms with van der Waals surface area (Å²) < 4.78 is 13.4. The average molecular weight is 324 g/mol. The van der Waals surface area contributed by atoms with E-state index < -0.39 is 10.7 Å². The minimum absolute atomic E-state index is 0.0170. The van der Waals surface area contributed by atoms with E-state index in [-0.39, 0.29) is 22.7 Å². The highest BCUT2D eigenvalue weighted by atomic mass is 79.9. The Morgan fingerprint density at radius 3 is 2.82 bits per heavy atom. The fourth-order valence-electron chi connectivity index (χ4n) is 1.06.